The average Bonchev–Trinajstić information content (AvgIpc) is 3.58. The molecule has 4 aromatic carbocycles. The van der Waals surface area contributed by atoms with Gasteiger partial charge in [0.1, 0.15) is 23.9 Å². The number of halogens is 2. The zero-order valence-corrected chi connectivity index (χ0v) is 31.3. The smallest absolute Gasteiger partial charge is 0.241 e. The number of aromatic hydroxyl groups is 1. The van der Waals surface area contributed by atoms with Crippen LogP contribution < -0.4 is 19.4 Å². The Morgan fingerprint density at radius 2 is 1.55 bits per heavy atom. The van der Waals surface area contributed by atoms with E-state index in [4.69, 9.17) is 21.1 Å². The number of imide groups is 2. The first-order valence-electron chi connectivity index (χ1n) is 18.9. The van der Waals surface area contributed by atoms with E-state index in [-0.39, 0.29) is 47.7 Å². The number of benzene rings is 4. The molecule has 1 saturated carbocycles. The van der Waals surface area contributed by atoms with Gasteiger partial charge in [0, 0.05) is 36.3 Å². The summed E-state index contributed by atoms with van der Waals surface area (Å²) in [5, 5.41) is 11.5. The van der Waals surface area contributed by atoms with Crippen molar-refractivity contribution in [3.8, 4) is 11.5 Å². The third kappa shape index (κ3) is 5.70. The van der Waals surface area contributed by atoms with Gasteiger partial charge in [0.15, 0.2) is 0 Å². The predicted molar refractivity (Wildman–Crippen MR) is 207 cm³/mol. The second-order valence-corrected chi connectivity index (χ2v) is 15.8. The maximum Gasteiger partial charge on any atom is 0.241 e. The Hall–Kier alpha value is -5.52. The average molecular weight is 776 g/mol. The van der Waals surface area contributed by atoms with Gasteiger partial charge in [-0.25, -0.2) is 9.29 Å². The molecule has 56 heavy (non-hydrogen) atoms. The molecular weight excluding hydrogens is 737 g/mol. The zero-order chi connectivity index (χ0) is 38.9. The van der Waals surface area contributed by atoms with Gasteiger partial charge >= 0.3 is 0 Å². The highest BCUT2D eigenvalue weighted by Gasteiger charge is 2.68. The fourth-order valence-corrected chi connectivity index (χ4v) is 9.89. The number of carbonyl (C=O) groups excluding carboxylic acids is 4. The van der Waals surface area contributed by atoms with Gasteiger partial charge in [0.25, 0.3) is 0 Å². The third-order valence-electron chi connectivity index (χ3n) is 12.5. The highest BCUT2D eigenvalue weighted by molar-refractivity contribution is 6.32. The molecule has 5 aliphatic rings. The van der Waals surface area contributed by atoms with Gasteiger partial charge in [-0.3, -0.25) is 24.1 Å². The highest BCUT2D eigenvalue weighted by Crippen LogP contribution is 2.64. The lowest BCUT2D eigenvalue weighted by molar-refractivity contribution is -0.131. The summed E-state index contributed by atoms with van der Waals surface area (Å²) in [6, 6.07) is 25.6. The Bertz CT molecular complexity index is 2300. The molecule has 1 N–H and O–H groups in total. The van der Waals surface area contributed by atoms with Crippen molar-refractivity contribution in [3.05, 3.63) is 125 Å². The Labute approximate surface area is 328 Å². The highest BCUT2D eigenvalue weighted by atomic mass is 35.5. The summed E-state index contributed by atoms with van der Waals surface area (Å²) >= 11 is 6.14. The summed E-state index contributed by atoms with van der Waals surface area (Å²) in [7, 11) is 0. The third-order valence-corrected chi connectivity index (χ3v) is 12.8. The molecule has 3 heterocycles. The molecule has 0 spiro atoms. The van der Waals surface area contributed by atoms with Gasteiger partial charge < -0.3 is 19.5 Å². The van der Waals surface area contributed by atoms with Crippen molar-refractivity contribution in [1.82, 2.24) is 0 Å². The standard InChI is InChI=1S/C44H39ClFN3O7/c1-44-34(41(52)49(43(44)54)28-11-16-36(46)35(45)21-28)23-33-30(39(44)31-13-12-29(22-37(31)50)56-24-25-5-3-2-4-6-25)14-15-32-38(33)42(53)48(40(32)51)27-9-7-26(8-10-27)47-17-19-55-20-18-47/h2-14,16,21-22,32-34,38-39,50H,15,17-20,23-24H2,1H3/t32-,33+,34-,38-,39+,44+/m0/s1. The van der Waals surface area contributed by atoms with Gasteiger partial charge in [-0.05, 0) is 79.8 Å². The van der Waals surface area contributed by atoms with Crippen LogP contribution in [-0.2, 0) is 30.5 Å². The van der Waals surface area contributed by atoms with Crippen LogP contribution in [0.4, 0.5) is 21.5 Å². The van der Waals surface area contributed by atoms with Crippen molar-refractivity contribution >= 4 is 52.3 Å². The number of allylic oxidation sites excluding steroid dienone is 2. The second-order valence-electron chi connectivity index (χ2n) is 15.4. The van der Waals surface area contributed by atoms with Gasteiger partial charge in [0.2, 0.25) is 23.6 Å². The number of morpholine rings is 1. The van der Waals surface area contributed by atoms with Crippen LogP contribution in [0.1, 0.15) is 36.8 Å². The second kappa shape index (κ2) is 13.9. The van der Waals surface area contributed by atoms with Crippen LogP contribution in [-0.4, -0.2) is 55.0 Å². The van der Waals surface area contributed by atoms with Gasteiger partial charge in [0.05, 0.1) is 52.8 Å². The molecule has 0 radical (unpaired) electrons. The van der Waals surface area contributed by atoms with Gasteiger partial charge in [-0.15, -0.1) is 0 Å². The van der Waals surface area contributed by atoms with Crippen LogP contribution in [0.15, 0.2) is 103 Å². The monoisotopic (exact) mass is 775 g/mol. The van der Waals surface area contributed by atoms with E-state index in [1.54, 1.807) is 31.2 Å². The minimum atomic E-state index is -1.42. The van der Waals surface area contributed by atoms with Crippen molar-refractivity contribution < 1.29 is 38.1 Å². The van der Waals surface area contributed by atoms with E-state index in [2.05, 4.69) is 4.90 Å². The molecule has 4 fully saturated rings. The number of nitrogens with zero attached hydrogens (tertiary/aromatic N) is 3. The minimum absolute atomic E-state index is 0.123. The van der Waals surface area contributed by atoms with E-state index >= 15 is 0 Å². The molecule has 0 aromatic heterocycles. The molecule has 9 rings (SSSR count). The molecule has 12 heteroatoms. The predicted octanol–water partition coefficient (Wildman–Crippen LogP) is 7.04. The largest absolute Gasteiger partial charge is 0.508 e. The molecular formula is C44H39ClFN3O7. The van der Waals surface area contributed by atoms with Crippen LogP contribution in [0, 0.1) is 34.9 Å². The number of carbonyl (C=O) groups is 4. The first-order valence-corrected chi connectivity index (χ1v) is 19.3. The van der Waals surface area contributed by atoms with Crippen LogP contribution >= 0.6 is 11.6 Å². The maximum atomic E-state index is 14.8. The Balaban J connectivity index is 1.09. The van der Waals surface area contributed by atoms with Crippen molar-refractivity contribution in [2.24, 2.45) is 29.1 Å². The lowest BCUT2D eigenvalue weighted by Gasteiger charge is -2.49. The molecule has 286 valence electrons. The number of phenolic OH excluding ortho intramolecular Hbond substituents is 1. The SMILES string of the molecule is C[C@@]12C(=O)N(c3ccc(F)c(Cl)c3)C(=O)[C@@H]1C[C@@H]1C(=CC[C@@H]3C(=O)N(c4ccc(N5CCOCC5)cc4)C(=O)[C@@H]31)[C@@H]2c1ccc(OCc2ccccc2)cc1O. The molecule has 0 bridgehead atoms. The van der Waals surface area contributed by atoms with Crippen LogP contribution in [0.2, 0.25) is 5.02 Å². The fourth-order valence-electron chi connectivity index (χ4n) is 9.72. The number of hydrogen-bond donors (Lipinski definition) is 1. The van der Waals surface area contributed by atoms with E-state index in [9.17, 15) is 28.7 Å². The van der Waals surface area contributed by atoms with Crippen molar-refractivity contribution in [3.63, 3.8) is 0 Å². The molecule has 4 aromatic rings. The van der Waals surface area contributed by atoms with Gasteiger partial charge in [-0.1, -0.05) is 59.6 Å². The first-order chi connectivity index (χ1) is 27.1. The van der Waals surface area contributed by atoms with E-state index in [1.165, 1.54) is 23.1 Å². The number of amides is 4. The van der Waals surface area contributed by atoms with E-state index in [0.29, 0.717) is 30.2 Å². The van der Waals surface area contributed by atoms with Crippen molar-refractivity contribution in [1.29, 1.82) is 0 Å². The number of phenols is 1. The lowest BCUT2D eigenvalue weighted by atomic mass is 9.51. The zero-order valence-electron chi connectivity index (χ0n) is 30.6. The number of anilines is 3. The van der Waals surface area contributed by atoms with Crippen LogP contribution in [0.3, 0.4) is 0 Å². The molecule has 3 saturated heterocycles. The van der Waals surface area contributed by atoms with Gasteiger partial charge in [-0.2, -0.15) is 0 Å². The summed E-state index contributed by atoms with van der Waals surface area (Å²) in [6.07, 6.45) is 2.31. The summed E-state index contributed by atoms with van der Waals surface area (Å²) < 4.78 is 25.8. The number of fused-ring (bicyclic) bond motifs is 4. The van der Waals surface area contributed by atoms with E-state index < -0.39 is 52.6 Å². The normalized spacial score (nSPS) is 27.2. The molecule has 4 amide bonds. The van der Waals surface area contributed by atoms with E-state index in [1.807, 2.05) is 48.5 Å². The number of hydrogen-bond acceptors (Lipinski definition) is 8. The fraction of sp³-hybridized carbons (Fsp3) is 0.318. The Morgan fingerprint density at radius 3 is 2.27 bits per heavy atom. The summed E-state index contributed by atoms with van der Waals surface area (Å²) in [4.78, 5) is 62.6. The summed E-state index contributed by atoms with van der Waals surface area (Å²) in [5.41, 5.74) is 2.22. The molecule has 6 atom stereocenters. The topological polar surface area (TPSA) is 117 Å². The number of ether oxygens (including phenoxy) is 2. The Morgan fingerprint density at radius 1 is 0.839 bits per heavy atom. The quantitative estimate of drug-likeness (QED) is 0.157. The first kappa shape index (κ1) is 36.1. The van der Waals surface area contributed by atoms with Crippen molar-refractivity contribution in [2.45, 2.75) is 32.3 Å². The molecule has 2 aliphatic carbocycles. The maximum absolute atomic E-state index is 14.8. The lowest BCUT2D eigenvalue weighted by Crippen LogP contribution is -2.48. The van der Waals surface area contributed by atoms with Crippen molar-refractivity contribution in [2.75, 3.05) is 41.0 Å². The molecule has 3 aliphatic heterocycles. The van der Waals surface area contributed by atoms with E-state index in [0.717, 1.165) is 40.9 Å². The summed E-state index contributed by atoms with van der Waals surface area (Å²) in [6.45, 7) is 4.73. The minimum Gasteiger partial charge on any atom is -0.508 e. The Kier molecular flexibility index (Phi) is 8.97. The van der Waals surface area contributed by atoms with Crippen LogP contribution in [0.5, 0.6) is 11.5 Å². The molecule has 10 nitrogen and oxygen atoms in total. The van der Waals surface area contributed by atoms with Crippen LogP contribution in [0.25, 0.3) is 0 Å². The number of rotatable bonds is 7. The summed E-state index contributed by atoms with van der Waals surface area (Å²) in [5.74, 6) is -5.96. The molecule has 0 unspecified atom stereocenters.